The van der Waals surface area contributed by atoms with E-state index < -0.39 is 0 Å². The number of nitrogens with zero attached hydrogens (tertiary/aromatic N) is 2. The molecule has 30 heavy (non-hydrogen) atoms. The molecule has 8 heteroatoms. The lowest BCUT2D eigenvalue weighted by Crippen LogP contribution is -2.39. The zero-order valence-corrected chi connectivity index (χ0v) is 20.3. The van der Waals surface area contributed by atoms with Crippen molar-refractivity contribution in [1.82, 2.24) is 20.9 Å². The lowest BCUT2D eigenvalue weighted by atomic mass is 10.2. The van der Waals surface area contributed by atoms with Crippen LogP contribution >= 0.6 is 24.0 Å². The van der Waals surface area contributed by atoms with Crippen molar-refractivity contribution in [3.8, 4) is 0 Å². The SMILES string of the molecule is CCNC(=NCCCN1CCCCCC1=O)NCCC(=O)NCc1ccccc1.I. The average Bonchev–Trinajstić information content (AvgIpc) is 2.94. The molecule has 7 nitrogen and oxygen atoms in total. The van der Waals surface area contributed by atoms with E-state index in [1.54, 1.807) is 0 Å². The predicted octanol–water partition coefficient (Wildman–Crippen LogP) is 2.66. The largest absolute Gasteiger partial charge is 0.357 e. The maximum atomic E-state index is 12.0. The van der Waals surface area contributed by atoms with Gasteiger partial charge in [-0.1, -0.05) is 36.8 Å². The molecule has 2 amide bonds. The molecule has 0 bridgehead atoms. The van der Waals surface area contributed by atoms with Gasteiger partial charge in [0.15, 0.2) is 5.96 Å². The molecule has 1 heterocycles. The zero-order chi connectivity index (χ0) is 20.7. The van der Waals surface area contributed by atoms with E-state index in [0.717, 1.165) is 50.9 Å². The number of carbonyl (C=O) groups excluding carboxylic acids is 2. The fourth-order valence-electron chi connectivity index (χ4n) is 3.25. The van der Waals surface area contributed by atoms with Crippen molar-refractivity contribution in [1.29, 1.82) is 0 Å². The summed E-state index contributed by atoms with van der Waals surface area (Å²) in [5.74, 6) is 1.00. The Bertz CT molecular complexity index is 654. The van der Waals surface area contributed by atoms with Crippen molar-refractivity contribution in [2.75, 3.05) is 32.7 Å². The molecule has 1 aromatic rings. The zero-order valence-electron chi connectivity index (χ0n) is 18.0. The molecule has 1 aliphatic rings. The van der Waals surface area contributed by atoms with Crippen LogP contribution in [0.5, 0.6) is 0 Å². The van der Waals surface area contributed by atoms with Gasteiger partial charge in [0.2, 0.25) is 11.8 Å². The van der Waals surface area contributed by atoms with E-state index in [-0.39, 0.29) is 35.8 Å². The number of rotatable bonds is 10. The van der Waals surface area contributed by atoms with Crippen LogP contribution in [0.4, 0.5) is 0 Å². The van der Waals surface area contributed by atoms with E-state index in [1.165, 1.54) is 0 Å². The van der Waals surface area contributed by atoms with Crippen LogP contribution in [0.1, 0.15) is 51.0 Å². The van der Waals surface area contributed by atoms with Crippen LogP contribution in [0.3, 0.4) is 0 Å². The van der Waals surface area contributed by atoms with Gasteiger partial charge in [-0.05, 0) is 31.7 Å². The molecule has 0 radical (unpaired) electrons. The standard InChI is InChI=1S/C22H35N5O2.HI/c1-2-23-22(24-14-9-17-27-16-8-4-7-12-21(27)29)25-15-13-20(28)26-18-19-10-5-3-6-11-19;/h3,5-6,10-11H,2,4,7-9,12-18H2,1H3,(H,26,28)(H2,23,24,25);1H. The molecule has 0 saturated carbocycles. The van der Waals surface area contributed by atoms with Gasteiger partial charge in [-0.2, -0.15) is 0 Å². The Morgan fingerprint density at radius 1 is 1.10 bits per heavy atom. The van der Waals surface area contributed by atoms with Gasteiger partial charge >= 0.3 is 0 Å². The maximum absolute atomic E-state index is 12.0. The van der Waals surface area contributed by atoms with E-state index in [2.05, 4.69) is 20.9 Å². The summed E-state index contributed by atoms with van der Waals surface area (Å²) in [6, 6.07) is 9.87. The summed E-state index contributed by atoms with van der Waals surface area (Å²) in [7, 11) is 0. The van der Waals surface area contributed by atoms with E-state index >= 15 is 0 Å². The number of halogens is 1. The number of benzene rings is 1. The quantitative estimate of drug-likeness (QED) is 0.188. The molecule has 1 saturated heterocycles. The molecule has 0 aromatic heterocycles. The van der Waals surface area contributed by atoms with Gasteiger partial charge in [0.1, 0.15) is 0 Å². The molecule has 1 aliphatic heterocycles. The molecule has 0 atom stereocenters. The van der Waals surface area contributed by atoms with E-state index in [0.29, 0.717) is 38.4 Å². The summed E-state index contributed by atoms with van der Waals surface area (Å²) < 4.78 is 0. The van der Waals surface area contributed by atoms with E-state index in [1.807, 2.05) is 42.2 Å². The first-order valence-corrected chi connectivity index (χ1v) is 10.8. The van der Waals surface area contributed by atoms with Crippen LogP contribution in [-0.2, 0) is 16.1 Å². The number of hydrogen-bond acceptors (Lipinski definition) is 3. The molecule has 2 rings (SSSR count). The number of likely N-dealkylation sites (tertiary alicyclic amines) is 1. The predicted molar refractivity (Wildman–Crippen MR) is 132 cm³/mol. The molecule has 1 fully saturated rings. The third-order valence-electron chi connectivity index (χ3n) is 4.85. The molecule has 3 N–H and O–H groups in total. The fraction of sp³-hybridized carbons (Fsp3) is 0.591. The van der Waals surface area contributed by atoms with Crippen LogP contribution in [0.25, 0.3) is 0 Å². The van der Waals surface area contributed by atoms with Crippen molar-refractivity contribution < 1.29 is 9.59 Å². The van der Waals surface area contributed by atoms with Crippen molar-refractivity contribution >= 4 is 41.8 Å². The van der Waals surface area contributed by atoms with Gasteiger partial charge in [-0.25, -0.2) is 0 Å². The van der Waals surface area contributed by atoms with E-state index in [9.17, 15) is 9.59 Å². The van der Waals surface area contributed by atoms with Gasteiger partial charge < -0.3 is 20.9 Å². The van der Waals surface area contributed by atoms with Crippen molar-refractivity contribution in [3.63, 3.8) is 0 Å². The highest BCUT2D eigenvalue weighted by Crippen LogP contribution is 2.11. The van der Waals surface area contributed by atoms with Crippen molar-refractivity contribution in [2.24, 2.45) is 4.99 Å². The fourth-order valence-corrected chi connectivity index (χ4v) is 3.25. The summed E-state index contributed by atoms with van der Waals surface area (Å²) in [4.78, 5) is 30.6. The molecule has 0 aliphatic carbocycles. The Balaban J connectivity index is 0.00000450. The topological polar surface area (TPSA) is 85.8 Å². The summed E-state index contributed by atoms with van der Waals surface area (Å²) in [6.45, 7) is 6.14. The van der Waals surface area contributed by atoms with Gasteiger partial charge in [0.05, 0.1) is 0 Å². The van der Waals surface area contributed by atoms with Gasteiger partial charge in [-0.3, -0.25) is 14.6 Å². The number of amides is 2. The molecule has 168 valence electrons. The van der Waals surface area contributed by atoms with Crippen LogP contribution in [0, 0.1) is 0 Å². The van der Waals surface area contributed by atoms with Crippen LogP contribution in [-0.4, -0.2) is 55.4 Å². The number of carbonyl (C=O) groups is 2. The first-order valence-electron chi connectivity index (χ1n) is 10.8. The maximum Gasteiger partial charge on any atom is 0.222 e. The summed E-state index contributed by atoms with van der Waals surface area (Å²) >= 11 is 0. The molecule has 1 aromatic carbocycles. The monoisotopic (exact) mass is 529 g/mol. The second-order valence-electron chi connectivity index (χ2n) is 7.24. The smallest absolute Gasteiger partial charge is 0.222 e. The average molecular weight is 529 g/mol. The first-order chi connectivity index (χ1) is 14.2. The second-order valence-corrected chi connectivity index (χ2v) is 7.24. The Morgan fingerprint density at radius 3 is 2.67 bits per heavy atom. The van der Waals surface area contributed by atoms with Crippen LogP contribution in [0.15, 0.2) is 35.3 Å². The van der Waals surface area contributed by atoms with Crippen molar-refractivity contribution in [2.45, 2.75) is 52.0 Å². The minimum Gasteiger partial charge on any atom is -0.357 e. The third kappa shape index (κ3) is 10.8. The highest BCUT2D eigenvalue weighted by Gasteiger charge is 2.15. The molecule has 0 spiro atoms. The van der Waals surface area contributed by atoms with Crippen LogP contribution in [0.2, 0.25) is 0 Å². The lowest BCUT2D eigenvalue weighted by molar-refractivity contribution is -0.130. The molecular weight excluding hydrogens is 493 g/mol. The Morgan fingerprint density at radius 2 is 1.90 bits per heavy atom. The number of aliphatic imine (C=N–C) groups is 1. The Hall–Kier alpha value is -1.84. The van der Waals surface area contributed by atoms with Crippen LogP contribution < -0.4 is 16.0 Å². The third-order valence-corrected chi connectivity index (χ3v) is 4.85. The summed E-state index contributed by atoms with van der Waals surface area (Å²) in [5.41, 5.74) is 1.09. The van der Waals surface area contributed by atoms with Gasteiger partial charge in [0.25, 0.3) is 0 Å². The highest BCUT2D eigenvalue weighted by molar-refractivity contribution is 14.0. The second kappa shape index (κ2) is 15.9. The summed E-state index contributed by atoms with van der Waals surface area (Å²) in [6.07, 6.45) is 5.18. The number of nitrogens with one attached hydrogen (secondary N) is 3. The van der Waals surface area contributed by atoms with Crippen molar-refractivity contribution in [3.05, 3.63) is 35.9 Å². The minimum absolute atomic E-state index is 0. The molecule has 0 unspecified atom stereocenters. The Labute approximate surface area is 197 Å². The summed E-state index contributed by atoms with van der Waals surface area (Å²) in [5, 5.41) is 9.33. The van der Waals surface area contributed by atoms with Gasteiger partial charge in [-0.15, -0.1) is 24.0 Å². The number of guanidine groups is 1. The Kier molecular flexibility index (Phi) is 13.9. The normalized spacial score (nSPS) is 14.5. The highest BCUT2D eigenvalue weighted by atomic mass is 127. The van der Waals surface area contributed by atoms with E-state index in [4.69, 9.17) is 0 Å². The van der Waals surface area contributed by atoms with Gasteiger partial charge in [0, 0.05) is 52.1 Å². The number of hydrogen-bond donors (Lipinski definition) is 3. The minimum atomic E-state index is 0. The first kappa shape index (κ1) is 26.2. The lowest BCUT2D eigenvalue weighted by Gasteiger charge is -2.20. The molecular formula is C22H36IN5O2.